The second-order valence-corrected chi connectivity index (χ2v) is 5.97. The predicted molar refractivity (Wildman–Crippen MR) is 86.2 cm³/mol. The van der Waals surface area contributed by atoms with Crippen LogP contribution in [0.25, 0.3) is 0 Å². The summed E-state index contributed by atoms with van der Waals surface area (Å²) in [6.07, 6.45) is -3.56. The minimum absolute atomic E-state index is 0.169. The fourth-order valence-corrected chi connectivity index (χ4v) is 2.39. The van der Waals surface area contributed by atoms with Gasteiger partial charge in [0.15, 0.2) is 0 Å². The lowest BCUT2D eigenvalue weighted by molar-refractivity contribution is -0.186. The maximum absolute atomic E-state index is 13.1. The summed E-state index contributed by atoms with van der Waals surface area (Å²) in [4.78, 5) is 20.0. The number of halogens is 4. The van der Waals surface area contributed by atoms with Crippen LogP contribution in [-0.4, -0.2) is 39.7 Å². The number of aromatic nitrogens is 2. The number of hydrogen-bond donors (Lipinski definition) is 0. The Morgan fingerprint density at radius 2 is 1.81 bits per heavy atom. The van der Waals surface area contributed by atoms with Crippen LogP contribution in [0.3, 0.4) is 0 Å². The lowest BCUT2D eigenvalue weighted by atomic mass is 10.2. The Morgan fingerprint density at radius 3 is 2.37 bits per heavy atom. The molecule has 1 aromatic carbocycles. The van der Waals surface area contributed by atoms with Gasteiger partial charge in [0, 0.05) is 25.0 Å². The van der Waals surface area contributed by atoms with Crippen molar-refractivity contribution in [2.75, 3.05) is 7.05 Å². The zero-order valence-corrected chi connectivity index (χ0v) is 14.0. The van der Waals surface area contributed by atoms with E-state index in [4.69, 9.17) is 4.74 Å². The number of ether oxygens (including phenoxy) is 1. The average Bonchev–Trinajstić information content (AvgIpc) is 3.42. The van der Waals surface area contributed by atoms with Crippen molar-refractivity contribution in [1.29, 1.82) is 0 Å². The number of alkyl halides is 3. The van der Waals surface area contributed by atoms with Crippen molar-refractivity contribution in [3.8, 4) is 17.9 Å². The molecule has 0 radical (unpaired) electrons. The van der Waals surface area contributed by atoms with Gasteiger partial charge in [0.2, 0.25) is 0 Å². The van der Waals surface area contributed by atoms with Crippen LogP contribution in [0.5, 0.6) is 6.01 Å². The molecule has 0 saturated heterocycles. The lowest BCUT2D eigenvalue weighted by Crippen LogP contribution is -2.50. The molecule has 27 heavy (non-hydrogen) atoms. The van der Waals surface area contributed by atoms with Crippen LogP contribution in [0.15, 0.2) is 36.7 Å². The maximum Gasteiger partial charge on any atom is 0.418 e. The summed E-state index contributed by atoms with van der Waals surface area (Å²) < 4.78 is 57.0. The van der Waals surface area contributed by atoms with Crippen molar-refractivity contribution >= 4 is 6.09 Å². The number of amides is 1. The number of carbonyl (C=O) groups is 1. The molecule has 0 unspecified atom stereocenters. The summed E-state index contributed by atoms with van der Waals surface area (Å²) in [6.45, 7) is 0. The van der Waals surface area contributed by atoms with E-state index in [-0.39, 0.29) is 18.9 Å². The normalized spacial score (nSPS) is 14.7. The highest BCUT2D eigenvalue weighted by atomic mass is 19.4. The molecule has 1 aromatic heterocycles. The Bertz CT molecular complexity index is 913. The molecular weight excluding hydrogens is 366 g/mol. The SMILES string of the molecule is CN(C(=O)Oc1ncc(C#Cc2cccc(F)c2)cn1)C1(C(F)(F)F)CC1. The number of nitrogens with zero attached hydrogens (tertiary/aromatic N) is 3. The average molecular weight is 379 g/mol. The molecule has 1 fully saturated rings. The van der Waals surface area contributed by atoms with E-state index < -0.39 is 23.6 Å². The summed E-state index contributed by atoms with van der Waals surface area (Å²) in [5, 5.41) is 0. The van der Waals surface area contributed by atoms with Crippen LogP contribution in [0.2, 0.25) is 0 Å². The van der Waals surface area contributed by atoms with Crippen molar-refractivity contribution in [2.24, 2.45) is 0 Å². The third kappa shape index (κ3) is 4.00. The van der Waals surface area contributed by atoms with Gasteiger partial charge in [-0.25, -0.2) is 19.2 Å². The Hall–Kier alpha value is -3.15. The molecule has 2 aromatic rings. The van der Waals surface area contributed by atoms with Gasteiger partial charge in [-0.1, -0.05) is 17.9 Å². The summed E-state index contributed by atoms with van der Waals surface area (Å²) in [6, 6.07) is 5.30. The van der Waals surface area contributed by atoms with Crippen molar-refractivity contribution in [3.63, 3.8) is 0 Å². The van der Waals surface area contributed by atoms with Gasteiger partial charge in [-0.2, -0.15) is 13.2 Å². The minimum atomic E-state index is -4.53. The standard InChI is InChI=1S/C18H13F4N3O2/c1-25(17(7-8-17)18(20,21)22)16(26)27-15-23-10-13(11-24-15)6-5-12-3-2-4-14(19)9-12/h2-4,9-11H,7-8H2,1H3. The van der Waals surface area contributed by atoms with Crippen LogP contribution in [0.1, 0.15) is 24.0 Å². The molecule has 140 valence electrons. The molecule has 5 nitrogen and oxygen atoms in total. The third-order valence-electron chi connectivity index (χ3n) is 4.15. The first-order chi connectivity index (χ1) is 12.7. The van der Waals surface area contributed by atoms with E-state index in [2.05, 4.69) is 21.8 Å². The van der Waals surface area contributed by atoms with Crippen LogP contribution >= 0.6 is 0 Å². The maximum atomic E-state index is 13.1. The number of hydrogen-bond acceptors (Lipinski definition) is 4. The molecule has 0 N–H and O–H groups in total. The van der Waals surface area contributed by atoms with Gasteiger partial charge in [-0.3, -0.25) is 4.90 Å². The molecule has 1 aliphatic carbocycles. The van der Waals surface area contributed by atoms with E-state index in [9.17, 15) is 22.4 Å². The molecule has 1 amide bonds. The van der Waals surface area contributed by atoms with E-state index in [1.165, 1.54) is 30.6 Å². The molecule has 0 atom stereocenters. The van der Waals surface area contributed by atoms with Gasteiger partial charge in [0.1, 0.15) is 11.4 Å². The monoisotopic (exact) mass is 379 g/mol. The number of carbonyl (C=O) groups excluding carboxylic acids is 1. The molecular formula is C18H13F4N3O2. The Balaban J connectivity index is 1.65. The number of rotatable bonds is 2. The van der Waals surface area contributed by atoms with Crippen molar-refractivity contribution in [3.05, 3.63) is 53.6 Å². The minimum Gasteiger partial charge on any atom is -0.374 e. The van der Waals surface area contributed by atoms with Crippen LogP contribution < -0.4 is 4.74 Å². The van der Waals surface area contributed by atoms with Crippen LogP contribution in [0, 0.1) is 17.7 Å². The highest BCUT2D eigenvalue weighted by molar-refractivity contribution is 5.71. The fourth-order valence-electron chi connectivity index (χ4n) is 2.39. The van der Waals surface area contributed by atoms with E-state index in [0.717, 1.165) is 7.05 Å². The molecule has 9 heteroatoms. The largest absolute Gasteiger partial charge is 0.418 e. The quantitative estimate of drug-likeness (QED) is 0.592. The Morgan fingerprint density at radius 1 is 1.19 bits per heavy atom. The number of benzene rings is 1. The van der Waals surface area contributed by atoms with Gasteiger partial charge in [0.25, 0.3) is 0 Å². The Kier molecular flexibility index (Phi) is 4.74. The van der Waals surface area contributed by atoms with Crippen LogP contribution in [0.4, 0.5) is 22.4 Å². The first-order valence-corrected chi connectivity index (χ1v) is 7.83. The molecule has 1 aliphatic rings. The molecule has 0 bridgehead atoms. The topological polar surface area (TPSA) is 55.3 Å². The van der Waals surface area contributed by atoms with E-state index in [0.29, 0.717) is 16.0 Å². The summed E-state index contributed by atoms with van der Waals surface area (Å²) in [5.41, 5.74) is -1.36. The predicted octanol–water partition coefficient (Wildman–Crippen LogP) is 3.54. The molecule has 1 heterocycles. The van der Waals surface area contributed by atoms with Crippen molar-refractivity contribution < 1.29 is 27.1 Å². The molecule has 3 rings (SSSR count). The van der Waals surface area contributed by atoms with Crippen LogP contribution in [-0.2, 0) is 0 Å². The second-order valence-electron chi connectivity index (χ2n) is 5.97. The van der Waals surface area contributed by atoms with Gasteiger partial charge in [-0.05, 0) is 31.0 Å². The van der Waals surface area contributed by atoms with Crippen molar-refractivity contribution in [1.82, 2.24) is 14.9 Å². The Labute approximate surface area is 152 Å². The smallest absolute Gasteiger partial charge is 0.374 e. The molecule has 0 aliphatic heterocycles. The van der Waals surface area contributed by atoms with Crippen molar-refractivity contribution in [2.45, 2.75) is 24.6 Å². The fraction of sp³-hybridized carbons (Fsp3) is 0.278. The van der Waals surface area contributed by atoms with E-state index in [1.54, 1.807) is 6.07 Å². The van der Waals surface area contributed by atoms with Gasteiger partial charge in [0.05, 0.1) is 5.56 Å². The van der Waals surface area contributed by atoms with E-state index in [1.807, 2.05) is 0 Å². The summed E-state index contributed by atoms with van der Waals surface area (Å²) in [5.74, 6) is 5.00. The zero-order valence-electron chi connectivity index (χ0n) is 14.0. The zero-order chi connectivity index (χ0) is 19.7. The van der Waals surface area contributed by atoms with Gasteiger partial charge < -0.3 is 4.74 Å². The highest BCUT2D eigenvalue weighted by Crippen LogP contribution is 2.53. The van der Waals surface area contributed by atoms with Gasteiger partial charge >= 0.3 is 18.3 Å². The van der Waals surface area contributed by atoms with Gasteiger partial charge in [-0.15, -0.1) is 0 Å². The first kappa shape index (κ1) is 18.6. The lowest BCUT2D eigenvalue weighted by Gasteiger charge is -2.28. The van der Waals surface area contributed by atoms with E-state index >= 15 is 0 Å². The summed E-state index contributed by atoms with van der Waals surface area (Å²) >= 11 is 0. The molecule has 0 spiro atoms. The first-order valence-electron chi connectivity index (χ1n) is 7.83. The third-order valence-corrected chi connectivity index (χ3v) is 4.15. The summed E-state index contributed by atoms with van der Waals surface area (Å²) in [7, 11) is 1.03. The highest BCUT2D eigenvalue weighted by Gasteiger charge is 2.67. The second kappa shape index (κ2) is 6.87. The molecule has 1 saturated carbocycles.